The molecule has 10 heteroatoms. The number of aliphatic hydroxyl groups is 1. The highest BCUT2D eigenvalue weighted by atomic mass is 32.2. The Bertz CT molecular complexity index is 1470. The second kappa shape index (κ2) is 8.17. The van der Waals surface area contributed by atoms with E-state index in [4.69, 9.17) is 5.26 Å². The maximum atomic E-state index is 13.3. The molecule has 1 aliphatic rings. The second-order valence-electron chi connectivity index (χ2n) is 8.42. The summed E-state index contributed by atoms with van der Waals surface area (Å²) in [6, 6.07) is 10.7. The Morgan fingerprint density at radius 2 is 1.91 bits per heavy atom. The molecule has 0 radical (unpaired) electrons. The number of hydrogen-bond acceptors (Lipinski definition) is 7. The second-order valence-corrected chi connectivity index (χ2v) is 10.2. The van der Waals surface area contributed by atoms with Crippen molar-refractivity contribution in [1.29, 1.82) is 5.26 Å². The Hall–Kier alpha value is -3.42. The lowest BCUT2D eigenvalue weighted by Gasteiger charge is -2.34. The minimum Gasteiger partial charge on any atom is -0.388 e. The van der Waals surface area contributed by atoms with Gasteiger partial charge >= 0.3 is 0 Å². The van der Waals surface area contributed by atoms with Crippen LogP contribution in [0.5, 0.6) is 0 Å². The third kappa shape index (κ3) is 3.53. The molecule has 1 N–H and O–H groups in total. The maximum absolute atomic E-state index is 13.3. The predicted molar refractivity (Wildman–Crippen MR) is 124 cm³/mol. The van der Waals surface area contributed by atoms with Gasteiger partial charge in [-0.25, -0.2) is 27.0 Å². The standard InChI is InChI=1S/C23H24N6O3S/c1-16-2-4-18(5-3-16)33(31,32)28-13-9-19-22-20(14-25-23(19)28)26-21(15-30)29(22)27-11-7-17(6-10-24)8-12-27/h2-5,9,13-14,17,30H,6-8,11-12,15H2,1H3. The summed E-state index contributed by atoms with van der Waals surface area (Å²) >= 11 is 0. The van der Waals surface area contributed by atoms with E-state index in [1.807, 2.05) is 11.6 Å². The Balaban J connectivity index is 1.64. The number of aryl methyl sites for hydroxylation is 1. The van der Waals surface area contributed by atoms with Crippen molar-refractivity contribution in [2.45, 2.75) is 37.7 Å². The van der Waals surface area contributed by atoms with E-state index in [0.29, 0.717) is 34.7 Å². The number of nitriles is 1. The molecule has 0 aliphatic carbocycles. The molecule has 0 spiro atoms. The number of benzene rings is 1. The highest BCUT2D eigenvalue weighted by Gasteiger charge is 2.26. The van der Waals surface area contributed by atoms with E-state index in [1.165, 1.54) is 10.2 Å². The lowest BCUT2D eigenvalue weighted by atomic mass is 9.95. The summed E-state index contributed by atoms with van der Waals surface area (Å²) in [7, 11) is -3.83. The number of fused-ring (bicyclic) bond motifs is 3. The Morgan fingerprint density at radius 1 is 1.18 bits per heavy atom. The van der Waals surface area contributed by atoms with Gasteiger partial charge in [-0.15, -0.1) is 0 Å². The van der Waals surface area contributed by atoms with Crippen LogP contribution in [0.4, 0.5) is 0 Å². The zero-order valence-electron chi connectivity index (χ0n) is 18.2. The van der Waals surface area contributed by atoms with Gasteiger partial charge in [-0.2, -0.15) is 5.26 Å². The van der Waals surface area contributed by atoms with Gasteiger partial charge in [-0.3, -0.25) is 0 Å². The molecule has 0 bridgehead atoms. The first-order chi connectivity index (χ1) is 15.9. The quantitative estimate of drug-likeness (QED) is 0.482. The lowest BCUT2D eigenvalue weighted by Crippen LogP contribution is -2.42. The molecule has 3 aromatic heterocycles. The number of aromatic nitrogens is 4. The van der Waals surface area contributed by atoms with Gasteiger partial charge in [0.25, 0.3) is 10.0 Å². The van der Waals surface area contributed by atoms with Gasteiger partial charge in [0.15, 0.2) is 11.5 Å². The number of pyridine rings is 1. The molecule has 0 unspecified atom stereocenters. The van der Waals surface area contributed by atoms with Gasteiger partial charge in [0.05, 0.1) is 17.2 Å². The molecule has 0 saturated carbocycles. The zero-order chi connectivity index (χ0) is 23.2. The summed E-state index contributed by atoms with van der Waals surface area (Å²) in [6.45, 7) is 3.09. The van der Waals surface area contributed by atoms with Gasteiger partial charge in [0.2, 0.25) is 0 Å². The topological polar surface area (TPSA) is 117 Å². The molecule has 0 amide bonds. The average molecular weight is 465 g/mol. The van der Waals surface area contributed by atoms with Crippen LogP contribution in [0.3, 0.4) is 0 Å². The molecular formula is C23H24N6O3S. The molecule has 9 nitrogen and oxygen atoms in total. The normalized spacial score (nSPS) is 15.4. The Morgan fingerprint density at radius 3 is 2.58 bits per heavy atom. The molecule has 4 heterocycles. The SMILES string of the molecule is Cc1ccc(S(=O)(=O)n2ccc3c2ncc2nc(CO)n(N4CCC(CC#N)CC4)c23)cc1. The van der Waals surface area contributed by atoms with Crippen LogP contribution in [0.2, 0.25) is 0 Å². The Kier molecular flexibility index (Phi) is 5.31. The van der Waals surface area contributed by atoms with Crippen LogP contribution in [0.15, 0.2) is 47.6 Å². The van der Waals surface area contributed by atoms with Crippen LogP contribution < -0.4 is 5.01 Å². The lowest BCUT2D eigenvalue weighted by molar-refractivity contribution is 0.261. The van der Waals surface area contributed by atoms with E-state index in [9.17, 15) is 13.5 Å². The molecule has 5 rings (SSSR count). The molecule has 0 atom stereocenters. The van der Waals surface area contributed by atoms with Crippen LogP contribution in [0.1, 0.15) is 30.7 Å². The fourth-order valence-electron chi connectivity index (χ4n) is 4.54. The van der Waals surface area contributed by atoms with Crippen LogP contribution >= 0.6 is 0 Å². The van der Waals surface area contributed by atoms with Crippen molar-refractivity contribution >= 4 is 32.1 Å². The molecule has 1 aromatic carbocycles. The molecule has 1 fully saturated rings. The van der Waals surface area contributed by atoms with E-state index in [-0.39, 0.29) is 11.5 Å². The number of aliphatic hydroxyl groups excluding tert-OH is 1. The van der Waals surface area contributed by atoms with Gasteiger partial charge < -0.3 is 10.1 Å². The average Bonchev–Trinajstić information content (AvgIpc) is 3.41. The maximum Gasteiger partial charge on any atom is 0.269 e. The van der Waals surface area contributed by atoms with E-state index >= 15 is 0 Å². The smallest absolute Gasteiger partial charge is 0.269 e. The summed E-state index contributed by atoms with van der Waals surface area (Å²) in [5, 5.41) is 21.8. The first-order valence-electron chi connectivity index (χ1n) is 10.9. The molecule has 33 heavy (non-hydrogen) atoms. The van der Waals surface area contributed by atoms with E-state index in [0.717, 1.165) is 37.0 Å². The highest BCUT2D eigenvalue weighted by Crippen LogP contribution is 2.30. The van der Waals surface area contributed by atoms with Crippen molar-refractivity contribution in [2.75, 3.05) is 18.1 Å². The van der Waals surface area contributed by atoms with Crippen molar-refractivity contribution in [3.05, 3.63) is 54.1 Å². The number of rotatable bonds is 5. The molecule has 4 aromatic rings. The summed E-state index contributed by atoms with van der Waals surface area (Å²) in [6.07, 6.45) is 5.35. The fraction of sp³-hybridized carbons (Fsp3) is 0.348. The van der Waals surface area contributed by atoms with Crippen molar-refractivity contribution in [3.8, 4) is 6.07 Å². The first-order valence-corrected chi connectivity index (χ1v) is 12.3. The van der Waals surface area contributed by atoms with Crippen molar-refractivity contribution in [1.82, 2.24) is 18.6 Å². The van der Waals surface area contributed by atoms with Crippen LogP contribution in [0.25, 0.3) is 22.1 Å². The van der Waals surface area contributed by atoms with Gasteiger partial charge in [-0.1, -0.05) is 17.7 Å². The summed E-state index contributed by atoms with van der Waals surface area (Å²) in [5.41, 5.74) is 2.61. The van der Waals surface area contributed by atoms with Gasteiger partial charge in [0, 0.05) is 31.1 Å². The van der Waals surface area contributed by atoms with Crippen molar-refractivity contribution < 1.29 is 13.5 Å². The minimum atomic E-state index is -3.83. The minimum absolute atomic E-state index is 0.191. The summed E-state index contributed by atoms with van der Waals surface area (Å²) in [5.74, 6) is 0.841. The van der Waals surface area contributed by atoms with Crippen molar-refractivity contribution in [2.24, 2.45) is 5.92 Å². The molecular weight excluding hydrogens is 440 g/mol. The largest absolute Gasteiger partial charge is 0.388 e. The van der Waals surface area contributed by atoms with Crippen molar-refractivity contribution in [3.63, 3.8) is 0 Å². The zero-order valence-corrected chi connectivity index (χ0v) is 19.0. The third-order valence-corrected chi connectivity index (χ3v) is 7.99. The molecule has 170 valence electrons. The first kappa shape index (κ1) is 21.4. The summed E-state index contributed by atoms with van der Waals surface area (Å²) in [4.78, 5) is 9.16. The molecule has 1 aliphatic heterocycles. The fourth-order valence-corrected chi connectivity index (χ4v) is 5.84. The predicted octanol–water partition coefficient (Wildman–Crippen LogP) is 2.69. The number of nitrogens with zero attached hydrogens (tertiary/aromatic N) is 6. The number of hydrogen-bond donors (Lipinski definition) is 1. The van der Waals surface area contributed by atoms with Crippen LogP contribution in [0, 0.1) is 24.2 Å². The Labute approximate surface area is 191 Å². The van der Waals surface area contributed by atoms with E-state index < -0.39 is 10.0 Å². The highest BCUT2D eigenvalue weighted by molar-refractivity contribution is 7.90. The number of imidazole rings is 1. The molecule has 1 saturated heterocycles. The monoisotopic (exact) mass is 464 g/mol. The third-order valence-electron chi connectivity index (χ3n) is 6.31. The van der Waals surface area contributed by atoms with Gasteiger partial charge in [0.1, 0.15) is 17.6 Å². The van der Waals surface area contributed by atoms with Crippen LogP contribution in [-0.2, 0) is 16.6 Å². The van der Waals surface area contributed by atoms with E-state index in [2.05, 4.69) is 21.0 Å². The van der Waals surface area contributed by atoms with Crippen LogP contribution in [-0.4, -0.2) is 45.2 Å². The summed E-state index contributed by atoms with van der Waals surface area (Å²) < 4.78 is 29.7. The number of piperidine rings is 1. The van der Waals surface area contributed by atoms with Gasteiger partial charge in [-0.05, 0) is 43.9 Å². The van der Waals surface area contributed by atoms with E-state index in [1.54, 1.807) is 36.5 Å².